The highest BCUT2D eigenvalue weighted by Crippen LogP contribution is 2.42. The Morgan fingerprint density at radius 3 is 2.24 bits per heavy atom. The van der Waals surface area contributed by atoms with Gasteiger partial charge in [0, 0.05) is 11.3 Å². The zero-order valence-electron chi connectivity index (χ0n) is 21.2. The van der Waals surface area contributed by atoms with Gasteiger partial charge in [0.2, 0.25) is 0 Å². The minimum absolute atomic E-state index is 0.0152. The number of carbonyl (C=O) groups excluding carboxylic acids is 3. The van der Waals surface area contributed by atoms with E-state index in [0.717, 1.165) is 6.42 Å². The third kappa shape index (κ3) is 5.39. The fourth-order valence-corrected chi connectivity index (χ4v) is 4.22. The molecule has 1 saturated heterocycles. The van der Waals surface area contributed by atoms with E-state index in [9.17, 15) is 24.6 Å². The van der Waals surface area contributed by atoms with E-state index in [2.05, 4.69) is 0 Å². The Morgan fingerprint density at radius 2 is 1.58 bits per heavy atom. The molecular formula is C30H29NO7. The van der Waals surface area contributed by atoms with Gasteiger partial charge in [-0.25, -0.2) is 4.79 Å². The van der Waals surface area contributed by atoms with Crippen LogP contribution in [0, 0.1) is 0 Å². The molecule has 4 rings (SSSR count). The first kappa shape index (κ1) is 26.5. The number of anilines is 1. The minimum Gasteiger partial charge on any atom is -0.508 e. The van der Waals surface area contributed by atoms with Crippen molar-refractivity contribution >= 4 is 29.1 Å². The highest BCUT2D eigenvalue weighted by atomic mass is 16.5. The van der Waals surface area contributed by atoms with Crippen LogP contribution in [0.15, 0.2) is 78.4 Å². The Labute approximate surface area is 220 Å². The molecule has 1 unspecified atom stereocenters. The molecule has 0 radical (unpaired) electrons. The molecule has 2 N–H and O–H groups in total. The summed E-state index contributed by atoms with van der Waals surface area (Å²) in [7, 11) is 0. The average Bonchev–Trinajstić information content (AvgIpc) is 3.20. The molecule has 1 heterocycles. The summed E-state index contributed by atoms with van der Waals surface area (Å²) in [5, 5.41) is 21.1. The second-order valence-electron chi connectivity index (χ2n) is 8.82. The van der Waals surface area contributed by atoms with Gasteiger partial charge in [-0.1, -0.05) is 38.1 Å². The first-order valence-corrected chi connectivity index (χ1v) is 12.5. The molecule has 3 aromatic carbocycles. The molecule has 1 atom stereocenters. The molecule has 196 valence electrons. The second kappa shape index (κ2) is 11.6. The van der Waals surface area contributed by atoms with Crippen LogP contribution in [0.1, 0.15) is 54.2 Å². The lowest BCUT2D eigenvalue weighted by atomic mass is 9.95. The normalized spacial score (nSPS) is 16.5. The molecule has 0 saturated carbocycles. The molecule has 0 aromatic heterocycles. The number of hydrogen-bond donors (Lipinski definition) is 2. The molecule has 0 aliphatic carbocycles. The van der Waals surface area contributed by atoms with E-state index in [1.165, 1.54) is 29.2 Å². The second-order valence-corrected chi connectivity index (χ2v) is 8.82. The predicted octanol–water partition coefficient (Wildman–Crippen LogP) is 5.37. The van der Waals surface area contributed by atoms with E-state index < -0.39 is 23.7 Å². The Kier molecular flexibility index (Phi) is 8.11. The molecule has 1 aliphatic rings. The van der Waals surface area contributed by atoms with Crippen LogP contribution < -0.4 is 9.64 Å². The number of amides is 1. The van der Waals surface area contributed by atoms with Gasteiger partial charge in [0.15, 0.2) is 0 Å². The SMILES string of the molecule is CCCOC(=O)c1ccc(N2C(=O)C(=O)/C(=C(/O)c3cccc(OCCC)c3)C2c2ccc(O)cc2)cc1. The topological polar surface area (TPSA) is 113 Å². The molecule has 1 amide bonds. The van der Waals surface area contributed by atoms with Crippen LogP contribution in [0.5, 0.6) is 11.5 Å². The lowest BCUT2D eigenvalue weighted by molar-refractivity contribution is -0.132. The highest BCUT2D eigenvalue weighted by Gasteiger charge is 2.47. The number of carbonyl (C=O) groups is 3. The third-order valence-electron chi connectivity index (χ3n) is 6.05. The summed E-state index contributed by atoms with van der Waals surface area (Å²) in [5.41, 5.74) is 1.41. The smallest absolute Gasteiger partial charge is 0.338 e. The Morgan fingerprint density at radius 1 is 0.895 bits per heavy atom. The molecule has 8 heteroatoms. The number of hydrogen-bond acceptors (Lipinski definition) is 7. The zero-order chi connectivity index (χ0) is 27.2. The van der Waals surface area contributed by atoms with Crippen molar-refractivity contribution in [2.75, 3.05) is 18.1 Å². The molecule has 1 fully saturated rings. The molecule has 38 heavy (non-hydrogen) atoms. The highest BCUT2D eigenvalue weighted by molar-refractivity contribution is 6.51. The van der Waals surface area contributed by atoms with Crippen molar-refractivity contribution in [1.82, 2.24) is 0 Å². The number of aromatic hydroxyl groups is 1. The number of aliphatic hydroxyl groups excluding tert-OH is 1. The largest absolute Gasteiger partial charge is 0.508 e. The standard InChI is InChI=1S/C30H29NO7/c1-3-16-37-24-7-5-6-21(18-24)27(33)25-26(19-10-14-23(32)15-11-19)31(29(35)28(25)34)22-12-8-20(9-13-22)30(36)38-17-4-2/h5-15,18,26,32-33H,3-4,16-17H2,1-2H3/b27-25+. The van der Waals surface area contributed by atoms with Gasteiger partial charge in [-0.3, -0.25) is 14.5 Å². The van der Waals surface area contributed by atoms with Crippen LogP contribution in [0.3, 0.4) is 0 Å². The molecule has 8 nitrogen and oxygen atoms in total. The summed E-state index contributed by atoms with van der Waals surface area (Å²) in [5.74, 6) is -1.97. The summed E-state index contributed by atoms with van der Waals surface area (Å²) in [6, 6.07) is 17.9. The number of phenols is 1. The Balaban J connectivity index is 1.80. The summed E-state index contributed by atoms with van der Waals surface area (Å²) in [4.78, 5) is 40.2. The van der Waals surface area contributed by atoms with Crippen molar-refractivity contribution in [3.05, 3.63) is 95.1 Å². The van der Waals surface area contributed by atoms with Crippen molar-refractivity contribution in [2.24, 2.45) is 0 Å². The molecule has 1 aliphatic heterocycles. The van der Waals surface area contributed by atoms with Gasteiger partial charge in [0.05, 0.1) is 30.4 Å². The summed E-state index contributed by atoms with van der Waals surface area (Å²) in [6.07, 6.45) is 1.49. The van der Waals surface area contributed by atoms with E-state index in [1.54, 1.807) is 48.5 Å². The fraction of sp³-hybridized carbons (Fsp3) is 0.233. The fourth-order valence-electron chi connectivity index (χ4n) is 4.22. The Hall–Kier alpha value is -4.59. The lowest BCUT2D eigenvalue weighted by Crippen LogP contribution is -2.29. The number of aliphatic hydroxyl groups is 1. The predicted molar refractivity (Wildman–Crippen MR) is 142 cm³/mol. The van der Waals surface area contributed by atoms with Crippen molar-refractivity contribution in [3.63, 3.8) is 0 Å². The van der Waals surface area contributed by atoms with Crippen molar-refractivity contribution in [2.45, 2.75) is 32.7 Å². The van der Waals surface area contributed by atoms with Crippen molar-refractivity contribution in [3.8, 4) is 11.5 Å². The molecular weight excluding hydrogens is 486 g/mol. The maximum atomic E-state index is 13.3. The minimum atomic E-state index is -0.978. The van der Waals surface area contributed by atoms with Gasteiger partial charge in [0.1, 0.15) is 17.3 Å². The number of Topliss-reactive ketones (excluding diaryl/α,β-unsaturated/α-hetero) is 1. The van der Waals surface area contributed by atoms with Crippen LogP contribution in [-0.4, -0.2) is 41.1 Å². The first-order chi connectivity index (χ1) is 18.3. The van der Waals surface area contributed by atoms with Gasteiger partial charge in [0.25, 0.3) is 11.7 Å². The summed E-state index contributed by atoms with van der Waals surface area (Å²) < 4.78 is 10.8. The number of ether oxygens (including phenoxy) is 2. The van der Waals surface area contributed by atoms with E-state index >= 15 is 0 Å². The molecule has 0 spiro atoms. The maximum Gasteiger partial charge on any atom is 0.338 e. The van der Waals surface area contributed by atoms with Gasteiger partial charge in [-0.15, -0.1) is 0 Å². The number of rotatable bonds is 9. The first-order valence-electron chi connectivity index (χ1n) is 12.5. The van der Waals surface area contributed by atoms with E-state index in [-0.39, 0.29) is 17.1 Å². The quantitative estimate of drug-likeness (QED) is 0.170. The number of nitrogens with zero attached hydrogens (tertiary/aromatic N) is 1. The number of ketones is 1. The van der Waals surface area contributed by atoms with Crippen molar-refractivity contribution in [1.29, 1.82) is 0 Å². The van der Waals surface area contributed by atoms with Gasteiger partial charge in [-0.05, 0) is 66.9 Å². The van der Waals surface area contributed by atoms with Gasteiger partial charge in [-0.2, -0.15) is 0 Å². The zero-order valence-corrected chi connectivity index (χ0v) is 21.2. The van der Waals surface area contributed by atoms with Gasteiger partial charge < -0.3 is 19.7 Å². The maximum absolute atomic E-state index is 13.3. The van der Waals surface area contributed by atoms with Gasteiger partial charge >= 0.3 is 5.97 Å². The van der Waals surface area contributed by atoms with Crippen LogP contribution in [0.4, 0.5) is 5.69 Å². The Bertz CT molecular complexity index is 1360. The van der Waals surface area contributed by atoms with Crippen LogP contribution in [-0.2, 0) is 14.3 Å². The van der Waals surface area contributed by atoms with E-state index in [4.69, 9.17) is 9.47 Å². The summed E-state index contributed by atoms with van der Waals surface area (Å²) >= 11 is 0. The lowest BCUT2D eigenvalue weighted by Gasteiger charge is -2.25. The van der Waals surface area contributed by atoms with Crippen LogP contribution >= 0.6 is 0 Å². The number of benzene rings is 3. The number of phenolic OH excluding ortho intramolecular Hbond substituents is 1. The van der Waals surface area contributed by atoms with Crippen LogP contribution in [0.2, 0.25) is 0 Å². The number of esters is 1. The summed E-state index contributed by atoms with van der Waals surface area (Å²) in [6.45, 7) is 4.65. The average molecular weight is 516 g/mol. The molecule has 3 aromatic rings. The molecule has 0 bridgehead atoms. The van der Waals surface area contributed by atoms with E-state index in [1.807, 2.05) is 13.8 Å². The monoisotopic (exact) mass is 515 g/mol. The van der Waals surface area contributed by atoms with E-state index in [0.29, 0.717) is 47.8 Å². The third-order valence-corrected chi connectivity index (χ3v) is 6.05. The van der Waals surface area contributed by atoms with Crippen LogP contribution in [0.25, 0.3) is 5.76 Å². The van der Waals surface area contributed by atoms with Crippen molar-refractivity contribution < 1.29 is 34.1 Å².